The van der Waals surface area contributed by atoms with E-state index in [4.69, 9.17) is 9.47 Å². The molecule has 2 aliphatic heterocycles. The zero-order chi connectivity index (χ0) is 31.9. The van der Waals surface area contributed by atoms with Gasteiger partial charge in [0.05, 0.1) is 29.7 Å². The van der Waals surface area contributed by atoms with Gasteiger partial charge in [0.1, 0.15) is 11.5 Å². The second-order valence-corrected chi connectivity index (χ2v) is 13.1. The SMILES string of the molecule is CC1CC(c2cc(-c3ccc(F)cc3)nn3cc(C=O)nc23)CC(C)O1.CN1CCN(C=O)CC1(C)C.COC(C)(C)C. The number of halogens is 1. The molecule has 0 radical (unpaired) electrons. The summed E-state index contributed by atoms with van der Waals surface area (Å²) >= 11 is 0. The highest BCUT2D eigenvalue weighted by atomic mass is 19.1. The van der Waals surface area contributed by atoms with Crippen LogP contribution in [0.3, 0.4) is 0 Å². The number of hydrogen-bond donors (Lipinski definition) is 0. The first kappa shape index (κ1) is 34.3. The van der Waals surface area contributed by atoms with Crippen LogP contribution < -0.4 is 0 Å². The van der Waals surface area contributed by atoms with Crippen LogP contribution in [0.4, 0.5) is 4.39 Å². The van der Waals surface area contributed by atoms with Gasteiger partial charge in [0, 0.05) is 43.4 Å². The van der Waals surface area contributed by atoms with E-state index in [0.717, 1.165) is 62.0 Å². The topological polar surface area (TPSA) is 89.3 Å². The van der Waals surface area contributed by atoms with Gasteiger partial charge in [-0.2, -0.15) is 5.10 Å². The fraction of sp³-hybridized carbons (Fsp3) is 0.576. The molecule has 2 aromatic heterocycles. The highest BCUT2D eigenvalue weighted by Crippen LogP contribution is 2.36. The van der Waals surface area contributed by atoms with Crippen LogP contribution in [0.1, 0.15) is 83.3 Å². The van der Waals surface area contributed by atoms with E-state index in [1.54, 1.807) is 30.0 Å². The van der Waals surface area contributed by atoms with Crippen LogP contribution in [0.15, 0.2) is 36.5 Å². The molecule has 3 aromatic rings. The minimum absolute atomic E-state index is 0.0417. The summed E-state index contributed by atoms with van der Waals surface area (Å²) in [5.74, 6) is -0.0200. The van der Waals surface area contributed by atoms with Crippen molar-refractivity contribution in [3.05, 3.63) is 53.6 Å². The van der Waals surface area contributed by atoms with E-state index in [1.165, 1.54) is 12.1 Å². The van der Waals surface area contributed by atoms with Crippen molar-refractivity contribution in [2.75, 3.05) is 33.8 Å². The third-order valence-electron chi connectivity index (χ3n) is 7.98. The summed E-state index contributed by atoms with van der Waals surface area (Å²) in [6, 6.07) is 8.27. The van der Waals surface area contributed by atoms with Crippen molar-refractivity contribution in [1.82, 2.24) is 24.4 Å². The summed E-state index contributed by atoms with van der Waals surface area (Å²) in [7, 11) is 3.81. The van der Waals surface area contributed by atoms with Gasteiger partial charge in [0.15, 0.2) is 11.9 Å². The standard InChI is InChI=1S/C20H20FN3O2.C8H16N2O.C5H12O/c1-12-7-15(8-13(2)26-12)18-9-19(14-3-5-16(21)6-4-14)23-24-10-17(11-25)22-20(18)24;1-8(2)6-10(7-11)5-4-9(8)3;1-5(2,3)6-4/h3-6,9-13,15H,7-8H2,1-2H3;7H,4-6H2,1-3H3;1-4H3. The van der Waals surface area contributed by atoms with E-state index >= 15 is 0 Å². The normalized spacial score (nSPS) is 22.2. The number of carbonyl (C=O) groups excluding carboxylic acids is 2. The van der Waals surface area contributed by atoms with Crippen LogP contribution in [-0.2, 0) is 14.3 Å². The molecule has 1 amide bonds. The fourth-order valence-corrected chi connectivity index (χ4v) is 5.16. The van der Waals surface area contributed by atoms with Crippen LogP contribution in [0, 0.1) is 5.82 Å². The quantitative estimate of drug-likeness (QED) is 0.361. The minimum atomic E-state index is -0.284. The summed E-state index contributed by atoms with van der Waals surface area (Å²) in [6.07, 6.45) is 5.38. The van der Waals surface area contributed by atoms with Crippen LogP contribution in [0.2, 0.25) is 0 Å². The molecule has 236 valence electrons. The van der Waals surface area contributed by atoms with E-state index in [9.17, 15) is 14.0 Å². The molecule has 2 fully saturated rings. The molecule has 2 unspecified atom stereocenters. The number of benzene rings is 1. The van der Waals surface area contributed by atoms with E-state index in [1.807, 2.05) is 31.7 Å². The third kappa shape index (κ3) is 9.64. The van der Waals surface area contributed by atoms with Gasteiger partial charge in [-0.15, -0.1) is 0 Å². The molecule has 2 atom stereocenters. The molecule has 0 saturated carbocycles. The van der Waals surface area contributed by atoms with Crippen molar-refractivity contribution in [2.45, 2.75) is 90.6 Å². The Morgan fingerprint density at radius 1 is 1.07 bits per heavy atom. The fourth-order valence-electron chi connectivity index (χ4n) is 5.16. The smallest absolute Gasteiger partial charge is 0.209 e. The summed E-state index contributed by atoms with van der Waals surface area (Å²) in [4.78, 5) is 30.2. The molecule has 1 aromatic carbocycles. The summed E-state index contributed by atoms with van der Waals surface area (Å²) in [6.45, 7) is 17.2. The van der Waals surface area contributed by atoms with E-state index in [-0.39, 0.29) is 35.1 Å². The largest absolute Gasteiger partial charge is 0.379 e. The van der Waals surface area contributed by atoms with Gasteiger partial charge >= 0.3 is 0 Å². The Balaban J connectivity index is 0.000000246. The lowest BCUT2D eigenvalue weighted by molar-refractivity contribution is -0.122. The average molecular weight is 598 g/mol. The first-order valence-electron chi connectivity index (χ1n) is 14.9. The number of fused-ring (bicyclic) bond motifs is 1. The van der Waals surface area contributed by atoms with E-state index in [2.05, 4.69) is 49.7 Å². The number of aldehydes is 1. The zero-order valence-corrected chi connectivity index (χ0v) is 27.1. The van der Waals surface area contributed by atoms with E-state index in [0.29, 0.717) is 11.3 Å². The number of rotatable bonds is 4. The predicted octanol–water partition coefficient (Wildman–Crippen LogP) is 5.62. The van der Waals surface area contributed by atoms with Crippen LogP contribution in [0.25, 0.3) is 16.9 Å². The summed E-state index contributed by atoms with van der Waals surface area (Å²) < 4.78 is 25.7. The van der Waals surface area contributed by atoms with Gasteiger partial charge in [0.2, 0.25) is 6.41 Å². The molecule has 0 aliphatic carbocycles. The van der Waals surface area contributed by atoms with Gasteiger partial charge in [-0.05, 0) is 105 Å². The zero-order valence-electron chi connectivity index (χ0n) is 27.1. The molecular formula is C33H48FN5O4. The molecule has 2 aliphatic rings. The van der Waals surface area contributed by atoms with Gasteiger partial charge < -0.3 is 14.4 Å². The Kier molecular flexibility index (Phi) is 11.6. The second kappa shape index (κ2) is 14.5. The van der Waals surface area contributed by atoms with Gasteiger partial charge in [-0.3, -0.25) is 14.5 Å². The highest BCUT2D eigenvalue weighted by molar-refractivity contribution is 5.74. The minimum Gasteiger partial charge on any atom is -0.379 e. The Labute approximate surface area is 255 Å². The first-order valence-corrected chi connectivity index (χ1v) is 14.9. The molecule has 2 saturated heterocycles. The maximum Gasteiger partial charge on any atom is 0.209 e. The Morgan fingerprint density at radius 3 is 2.19 bits per heavy atom. The molecule has 0 bridgehead atoms. The number of piperazine rings is 1. The molecular weight excluding hydrogens is 549 g/mol. The van der Waals surface area contributed by atoms with Gasteiger partial charge in [-0.1, -0.05) is 0 Å². The number of hydrogen-bond acceptors (Lipinski definition) is 7. The molecule has 0 N–H and O–H groups in total. The lowest BCUT2D eigenvalue weighted by Gasteiger charge is -2.43. The van der Waals surface area contributed by atoms with Crippen LogP contribution in [0.5, 0.6) is 0 Å². The molecule has 0 spiro atoms. The number of likely N-dealkylation sites (N-methyl/N-ethyl adjacent to an activating group) is 1. The lowest BCUT2D eigenvalue weighted by atomic mass is 9.86. The number of carbonyl (C=O) groups is 2. The number of ether oxygens (including phenoxy) is 2. The average Bonchev–Trinajstić information content (AvgIpc) is 3.37. The summed E-state index contributed by atoms with van der Waals surface area (Å²) in [5.41, 5.74) is 3.83. The summed E-state index contributed by atoms with van der Waals surface area (Å²) in [5, 5.41) is 4.58. The maximum absolute atomic E-state index is 13.3. The molecule has 10 heteroatoms. The van der Waals surface area contributed by atoms with Crippen molar-refractivity contribution in [3.8, 4) is 11.3 Å². The molecule has 9 nitrogen and oxygen atoms in total. The van der Waals surface area contributed by atoms with Gasteiger partial charge in [-0.25, -0.2) is 13.9 Å². The Hall–Kier alpha value is -3.21. The number of methoxy groups -OCH3 is 1. The second-order valence-electron chi connectivity index (χ2n) is 13.1. The molecule has 5 rings (SSSR count). The van der Waals surface area contributed by atoms with Crippen LogP contribution >= 0.6 is 0 Å². The predicted molar refractivity (Wildman–Crippen MR) is 167 cm³/mol. The van der Waals surface area contributed by atoms with Crippen molar-refractivity contribution < 1.29 is 23.5 Å². The molecule has 43 heavy (non-hydrogen) atoms. The monoisotopic (exact) mass is 597 g/mol. The Bertz CT molecular complexity index is 1340. The number of aromatic nitrogens is 3. The number of nitrogens with zero attached hydrogens (tertiary/aromatic N) is 5. The van der Waals surface area contributed by atoms with Crippen molar-refractivity contribution in [1.29, 1.82) is 0 Å². The maximum atomic E-state index is 13.3. The van der Waals surface area contributed by atoms with E-state index < -0.39 is 0 Å². The van der Waals surface area contributed by atoms with Crippen LogP contribution in [-0.4, -0.2) is 94.2 Å². The van der Waals surface area contributed by atoms with Crippen molar-refractivity contribution in [3.63, 3.8) is 0 Å². The highest BCUT2D eigenvalue weighted by Gasteiger charge is 2.30. The first-order chi connectivity index (χ1) is 20.1. The van der Waals surface area contributed by atoms with Gasteiger partial charge in [0.25, 0.3) is 0 Å². The van der Waals surface area contributed by atoms with Crippen molar-refractivity contribution in [2.24, 2.45) is 0 Å². The lowest BCUT2D eigenvalue weighted by Crippen LogP contribution is -2.57. The molecule has 4 heterocycles. The van der Waals surface area contributed by atoms with Crippen molar-refractivity contribution >= 4 is 18.3 Å². The number of imidazole rings is 1. The Morgan fingerprint density at radius 2 is 1.67 bits per heavy atom. The number of amides is 1. The third-order valence-corrected chi connectivity index (χ3v) is 7.98.